The number of ether oxygens (including phenoxy) is 2. The lowest BCUT2D eigenvalue weighted by Gasteiger charge is -2.22. The fraction of sp³-hybridized carbons (Fsp3) is 0.938. The summed E-state index contributed by atoms with van der Waals surface area (Å²) in [6, 6.07) is 0.418. The number of rotatable bonds is 8. The van der Waals surface area contributed by atoms with Gasteiger partial charge in [0, 0.05) is 39.0 Å². The maximum Gasteiger partial charge on any atom is 0.191 e. The van der Waals surface area contributed by atoms with Crippen LogP contribution in [-0.2, 0) is 9.47 Å². The second-order valence-corrected chi connectivity index (χ2v) is 5.97. The maximum atomic E-state index is 5.85. The van der Waals surface area contributed by atoms with Crippen LogP contribution < -0.4 is 10.6 Å². The first kappa shape index (κ1) is 21.9. The second-order valence-electron chi connectivity index (χ2n) is 5.97. The van der Waals surface area contributed by atoms with E-state index in [1.165, 1.54) is 0 Å². The predicted molar refractivity (Wildman–Crippen MR) is 103 cm³/mol. The Morgan fingerprint density at radius 3 is 2.55 bits per heavy atom. The van der Waals surface area contributed by atoms with Gasteiger partial charge in [-0.05, 0) is 39.0 Å². The van der Waals surface area contributed by atoms with Crippen molar-refractivity contribution in [3.05, 3.63) is 0 Å². The molecule has 132 valence electrons. The Labute approximate surface area is 153 Å². The van der Waals surface area contributed by atoms with Crippen molar-refractivity contribution >= 4 is 29.9 Å². The third-order valence-corrected chi connectivity index (χ3v) is 3.80. The topological polar surface area (TPSA) is 54.9 Å². The van der Waals surface area contributed by atoms with Crippen molar-refractivity contribution in [3.8, 4) is 0 Å². The zero-order valence-corrected chi connectivity index (χ0v) is 16.9. The van der Waals surface area contributed by atoms with Crippen molar-refractivity contribution in [2.75, 3.05) is 32.9 Å². The molecule has 0 amide bonds. The van der Waals surface area contributed by atoms with Crippen molar-refractivity contribution in [1.82, 2.24) is 10.6 Å². The molecule has 0 aromatic rings. The minimum atomic E-state index is 0. The third-order valence-electron chi connectivity index (χ3n) is 3.80. The molecule has 6 heteroatoms. The lowest BCUT2D eigenvalue weighted by atomic mass is 10.1. The van der Waals surface area contributed by atoms with Crippen LogP contribution in [0.5, 0.6) is 0 Å². The van der Waals surface area contributed by atoms with E-state index in [0.717, 1.165) is 58.1 Å². The molecule has 0 bridgehead atoms. The molecule has 2 N–H and O–H groups in total. The standard InChI is InChI=1S/C16H33N3O2.HI/c1-5-17-16(19-14(4)13(2)3)18-9-6-10-21-15-7-11-20-12-8-15;/h13-15H,5-12H2,1-4H3,(H2,17,18,19);1H. The lowest BCUT2D eigenvalue weighted by molar-refractivity contribution is -0.0318. The normalized spacial score (nSPS) is 18.0. The number of hydrogen-bond acceptors (Lipinski definition) is 3. The van der Waals surface area contributed by atoms with Gasteiger partial charge in [-0.1, -0.05) is 13.8 Å². The highest BCUT2D eigenvalue weighted by Gasteiger charge is 2.13. The highest BCUT2D eigenvalue weighted by molar-refractivity contribution is 14.0. The number of nitrogens with one attached hydrogen (secondary N) is 2. The van der Waals surface area contributed by atoms with E-state index in [2.05, 4.69) is 43.3 Å². The Kier molecular flexibility index (Phi) is 13.3. The van der Waals surface area contributed by atoms with E-state index in [1.807, 2.05) is 0 Å². The zero-order valence-electron chi connectivity index (χ0n) is 14.6. The molecule has 1 fully saturated rings. The van der Waals surface area contributed by atoms with Crippen LogP contribution in [0.1, 0.15) is 47.0 Å². The smallest absolute Gasteiger partial charge is 0.191 e. The van der Waals surface area contributed by atoms with Gasteiger partial charge in [0.05, 0.1) is 6.10 Å². The monoisotopic (exact) mass is 427 g/mol. The molecule has 1 rings (SSSR count). The summed E-state index contributed by atoms with van der Waals surface area (Å²) in [5.74, 6) is 1.50. The molecule has 1 heterocycles. The van der Waals surface area contributed by atoms with Crippen LogP contribution in [0.15, 0.2) is 4.99 Å². The molecule has 1 unspecified atom stereocenters. The number of guanidine groups is 1. The first-order valence-electron chi connectivity index (χ1n) is 8.37. The molecule has 1 aliphatic rings. The average molecular weight is 427 g/mol. The van der Waals surface area contributed by atoms with Crippen LogP contribution in [0, 0.1) is 5.92 Å². The van der Waals surface area contributed by atoms with Gasteiger partial charge in [0.15, 0.2) is 5.96 Å². The highest BCUT2D eigenvalue weighted by Crippen LogP contribution is 2.10. The Morgan fingerprint density at radius 1 is 1.27 bits per heavy atom. The van der Waals surface area contributed by atoms with Crippen LogP contribution in [0.2, 0.25) is 0 Å². The Morgan fingerprint density at radius 2 is 1.95 bits per heavy atom. The summed E-state index contributed by atoms with van der Waals surface area (Å²) in [5, 5.41) is 6.73. The summed E-state index contributed by atoms with van der Waals surface area (Å²) in [7, 11) is 0. The molecular weight excluding hydrogens is 393 g/mol. The first-order valence-corrected chi connectivity index (χ1v) is 8.37. The average Bonchev–Trinajstić information content (AvgIpc) is 2.48. The Balaban J connectivity index is 0.00000441. The van der Waals surface area contributed by atoms with Crippen molar-refractivity contribution < 1.29 is 9.47 Å². The second kappa shape index (κ2) is 13.4. The number of aliphatic imine (C=N–C) groups is 1. The third kappa shape index (κ3) is 9.84. The fourth-order valence-electron chi connectivity index (χ4n) is 2.05. The van der Waals surface area contributed by atoms with Gasteiger partial charge in [-0.2, -0.15) is 0 Å². The van der Waals surface area contributed by atoms with Gasteiger partial charge < -0.3 is 20.1 Å². The minimum Gasteiger partial charge on any atom is -0.381 e. The van der Waals surface area contributed by atoms with Crippen molar-refractivity contribution in [1.29, 1.82) is 0 Å². The molecule has 1 atom stereocenters. The van der Waals surface area contributed by atoms with Gasteiger partial charge in [0.1, 0.15) is 0 Å². The summed E-state index contributed by atoms with van der Waals surface area (Å²) < 4.78 is 11.2. The lowest BCUT2D eigenvalue weighted by Crippen LogP contribution is -2.44. The van der Waals surface area contributed by atoms with E-state index >= 15 is 0 Å². The molecule has 0 aliphatic carbocycles. The summed E-state index contributed by atoms with van der Waals surface area (Å²) >= 11 is 0. The Bertz CT molecular complexity index is 295. The van der Waals surface area contributed by atoms with E-state index in [1.54, 1.807) is 0 Å². The van der Waals surface area contributed by atoms with Gasteiger partial charge in [-0.15, -0.1) is 24.0 Å². The van der Waals surface area contributed by atoms with Crippen molar-refractivity contribution in [3.63, 3.8) is 0 Å². The number of nitrogens with zero attached hydrogens (tertiary/aromatic N) is 1. The maximum absolute atomic E-state index is 5.85. The first-order chi connectivity index (χ1) is 10.1. The van der Waals surface area contributed by atoms with Crippen molar-refractivity contribution in [2.24, 2.45) is 10.9 Å². The van der Waals surface area contributed by atoms with E-state index in [9.17, 15) is 0 Å². The van der Waals surface area contributed by atoms with Gasteiger partial charge >= 0.3 is 0 Å². The largest absolute Gasteiger partial charge is 0.381 e. The van der Waals surface area contributed by atoms with Crippen molar-refractivity contribution in [2.45, 2.75) is 59.1 Å². The summed E-state index contributed by atoms with van der Waals surface area (Å²) in [5.41, 5.74) is 0. The minimum absolute atomic E-state index is 0. The molecule has 22 heavy (non-hydrogen) atoms. The summed E-state index contributed by atoms with van der Waals surface area (Å²) in [6.45, 7) is 12.8. The predicted octanol–water partition coefficient (Wildman–Crippen LogP) is 2.79. The van der Waals surface area contributed by atoms with Gasteiger partial charge in [0.25, 0.3) is 0 Å². The molecule has 0 spiro atoms. The van der Waals surface area contributed by atoms with Gasteiger partial charge in [-0.25, -0.2) is 0 Å². The molecule has 0 radical (unpaired) electrons. The molecule has 0 aromatic heterocycles. The highest BCUT2D eigenvalue weighted by atomic mass is 127. The zero-order chi connectivity index (χ0) is 15.5. The Hall–Kier alpha value is -0.0800. The van der Waals surface area contributed by atoms with Crippen LogP contribution in [0.3, 0.4) is 0 Å². The van der Waals surface area contributed by atoms with Crippen LogP contribution in [-0.4, -0.2) is 51.0 Å². The van der Waals surface area contributed by atoms with Crippen LogP contribution in [0.4, 0.5) is 0 Å². The molecule has 0 aromatic carbocycles. The quantitative estimate of drug-likeness (QED) is 0.271. The van der Waals surface area contributed by atoms with E-state index < -0.39 is 0 Å². The summed E-state index contributed by atoms with van der Waals surface area (Å²) in [6.07, 6.45) is 3.40. The van der Waals surface area contributed by atoms with Crippen LogP contribution in [0.25, 0.3) is 0 Å². The van der Waals surface area contributed by atoms with Gasteiger partial charge in [0.2, 0.25) is 0 Å². The molecule has 1 aliphatic heterocycles. The van der Waals surface area contributed by atoms with E-state index in [4.69, 9.17) is 9.47 Å². The number of hydrogen-bond donors (Lipinski definition) is 2. The fourth-order valence-corrected chi connectivity index (χ4v) is 2.05. The summed E-state index contributed by atoms with van der Waals surface area (Å²) in [4.78, 5) is 4.61. The molecular formula is C16H34IN3O2. The SMILES string of the molecule is CCNC(=NCCCOC1CCOCC1)NC(C)C(C)C.I. The van der Waals surface area contributed by atoms with Crippen LogP contribution >= 0.6 is 24.0 Å². The van der Waals surface area contributed by atoms with Gasteiger partial charge in [-0.3, -0.25) is 4.99 Å². The molecule has 1 saturated heterocycles. The molecule has 0 saturated carbocycles. The molecule has 5 nitrogen and oxygen atoms in total. The number of halogens is 1. The van der Waals surface area contributed by atoms with E-state index in [-0.39, 0.29) is 24.0 Å². The van der Waals surface area contributed by atoms with E-state index in [0.29, 0.717) is 18.1 Å².